The number of rotatable bonds is 4. The molecule has 0 aromatic heterocycles. The molecular formula is C14H18Cl2N2O2. The van der Waals surface area contributed by atoms with Crippen LogP contribution in [-0.2, 0) is 0 Å². The van der Waals surface area contributed by atoms with Gasteiger partial charge in [-0.25, -0.2) is 4.79 Å². The second kappa shape index (κ2) is 7.16. The second-order valence-corrected chi connectivity index (χ2v) is 6.00. The van der Waals surface area contributed by atoms with Crippen molar-refractivity contribution < 1.29 is 9.90 Å². The average Bonchev–Trinajstić information content (AvgIpc) is 2.82. The van der Waals surface area contributed by atoms with E-state index in [0.29, 0.717) is 34.1 Å². The minimum Gasteiger partial charge on any atom is -0.396 e. The Morgan fingerprint density at radius 3 is 2.50 bits per heavy atom. The normalized spacial score (nSPS) is 21.8. The van der Waals surface area contributed by atoms with Crippen molar-refractivity contribution in [1.82, 2.24) is 5.32 Å². The zero-order valence-electron chi connectivity index (χ0n) is 11.0. The number of hydrogen-bond acceptors (Lipinski definition) is 2. The molecule has 3 N–H and O–H groups in total. The molecule has 2 unspecified atom stereocenters. The molecule has 20 heavy (non-hydrogen) atoms. The van der Waals surface area contributed by atoms with Gasteiger partial charge >= 0.3 is 6.03 Å². The monoisotopic (exact) mass is 316 g/mol. The summed E-state index contributed by atoms with van der Waals surface area (Å²) in [5.74, 6) is 0.657. The number of anilines is 1. The van der Waals surface area contributed by atoms with Gasteiger partial charge in [0.2, 0.25) is 0 Å². The highest BCUT2D eigenvalue weighted by Gasteiger charge is 2.26. The predicted molar refractivity (Wildman–Crippen MR) is 81.4 cm³/mol. The summed E-state index contributed by atoms with van der Waals surface area (Å²) in [4.78, 5) is 11.8. The summed E-state index contributed by atoms with van der Waals surface area (Å²) in [7, 11) is 0. The molecule has 2 amide bonds. The Balaban J connectivity index is 1.83. The lowest BCUT2D eigenvalue weighted by atomic mass is 9.97. The summed E-state index contributed by atoms with van der Waals surface area (Å²) in [6.07, 6.45) is 3.20. The van der Waals surface area contributed by atoms with Gasteiger partial charge in [0.05, 0.1) is 0 Å². The largest absolute Gasteiger partial charge is 0.396 e. The summed E-state index contributed by atoms with van der Waals surface area (Å²) >= 11 is 11.7. The first-order chi connectivity index (χ1) is 9.58. The fourth-order valence-electron chi connectivity index (χ4n) is 2.65. The highest BCUT2D eigenvalue weighted by molar-refractivity contribution is 6.35. The van der Waals surface area contributed by atoms with Gasteiger partial charge in [-0.2, -0.15) is 0 Å². The van der Waals surface area contributed by atoms with Crippen LogP contribution in [0, 0.1) is 11.8 Å². The lowest BCUT2D eigenvalue weighted by Gasteiger charge is -2.18. The maximum Gasteiger partial charge on any atom is 0.319 e. The quantitative estimate of drug-likeness (QED) is 0.795. The average molecular weight is 317 g/mol. The Morgan fingerprint density at radius 2 is 1.85 bits per heavy atom. The van der Waals surface area contributed by atoms with Crippen molar-refractivity contribution in [3.8, 4) is 0 Å². The van der Waals surface area contributed by atoms with Crippen LogP contribution in [-0.4, -0.2) is 24.3 Å². The molecule has 0 radical (unpaired) electrons. The molecule has 0 bridgehead atoms. The van der Waals surface area contributed by atoms with Crippen LogP contribution >= 0.6 is 23.2 Å². The molecule has 1 fully saturated rings. The van der Waals surface area contributed by atoms with Crippen LogP contribution in [0.2, 0.25) is 10.0 Å². The summed E-state index contributed by atoms with van der Waals surface area (Å²) in [6, 6.07) is 4.60. The van der Waals surface area contributed by atoms with Crippen LogP contribution in [0.3, 0.4) is 0 Å². The number of carbonyl (C=O) groups excluding carboxylic acids is 1. The Hall–Kier alpha value is -0.970. The van der Waals surface area contributed by atoms with Gasteiger partial charge in [0.15, 0.2) is 0 Å². The molecule has 0 heterocycles. The van der Waals surface area contributed by atoms with Crippen molar-refractivity contribution in [2.24, 2.45) is 11.8 Å². The van der Waals surface area contributed by atoms with E-state index in [0.717, 1.165) is 19.3 Å². The van der Waals surface area contributed by atoms with E-state index in [-0.39, 0.29) is 12.6 Å². The number of aliphatic hydroxyl groups excluding tert-OH is 1. The van der Waals surface area contributed by atoms with Crippen LogP contribution in [0.5, 0.6) is 0 Å². The summed E-state index contributed by atoms with van der Waals surface area (Å²) in [6.45, 7) is 0.767. The number of urea groups is 1. The SMILES string of the molecule is O=C(NCC1CCCC1CO)Nc1cc(Cl)cc(Cl)c1. The van der Waals surface area contributed by atoms with Gasteiger partial charge in [-0.15, -0.1) is 0 Å². The number of aliphatic hydroxyl groups is 1. The van der Waals surface area contributed by atoms with Crippen LogP contribution < -0.4 is 10.6 Å². The van der Waals surface area contributed by atoms with Gasteiger partial charge < -0.3 is 15.7 Å². The van der Waals surface area contributed by atoms with Crippen LogP contribution in [0.25, 0.3) is 0 Å². The highest BCUT2D eigenvalue weighted by Crippen LogP contribution is 2.30. The second-order valence-electron chi connectivity index (χ2n) is 5.13. The Kier molecular flexibility index (Phi) is 5.52. The minimum absolute atomic E-state index is 0.192. The minimum atomic E-state index is -0.285. The third kappa shape index (κ3) is 4.27. The molecule has 6 heteroatoms. The maximum atomic E-state index is 11.8. The first kappa shape index (κ1) is 15.4. The third-order valence-corrected chi connectivity index (χ3v) is 4.13. The topological polar surface area (TPSA) is 61.4 Å². The van der Waals surface area contributed by atoms with E-state index in [1.807, 2.05) is 0 Å². The molecule has 4 nitrogen and oxygen atoms in total. The Bertz CT molecular complexity index is 462. The van der Waals surface area contributed by atoms with Gasteiger partial charge in [0.1, 0.15) is 0 Å². The highest BCUT2D eigenvalue weighted by atomic mass is 35.5. The lowest BCUT2D eigenvalue weighted by molar-refractivity contribution is 0.192. The zero-order chi connectivity index (χ0) is 14.5. The number of halogens is 2. The molecule has 1 aliphatic rings. The van der Waals surface area contributed by atoms with Crippen molar-refractivity contribution in [3.63, 3.8) is 0 Å². The molecule has 0 saturated heterocycles. The van der Waals surface area contributed by atoms with Crippen LogP contribution in [0.1, 0.15) is 19.3 Å². The van der Waals surface area contributed by atoms with E-state index in [2.05, 4.69) is 10.6 Å². The first-order valence-corrected chi connectivity index (χ1v) is 7.46. The molecule has 0 spiro atoms. The lowest BCUT2D eigenvalue weighted by Crippen LogP contribution is -2.34. The van der Waals surface area contributed by atoms with E-state index < -0.39 is 0 Å². The fraction of sp³-hybridized carbons (Fsp3) is 0.500. The number of hydrogen-bond donors (Lipinski definition) is 3. The van der Waals surface area contributed by atoms with Gasteiger partial charge in [0.25, 0.3) is 0 Å². The van der Waals surface area contributed by atoms with Crippen LogP contribution in [0.15, 0.2) is 18.2 Å². The Morgan fingerprint density at radius 1 is 1.20 bits per heavy atom. The third-order valence-electron chi connectivity index (χ3n) is 3.70. The number of nitrogens with one attached hydrogen (secondary N) is 2. The number of amides is 2. The first-order valence-electron chi connectivity index (χ1n) is 6.70. The van der Waals surface area contributed by atoms with E-state index >= 15 is 0 Å². The van der Waals surface area contributed by atoms with Crippen molar-refractivity contribution >= 4 is 34.9 Å². The standard InChI is InChI=1S/C14H18Cl2N2O2/c15-11-4-12(16)6-13(5-11)18-14(20)17-7-9-2-1-3-10(9)8-19/h4-6,9-10,19H,1-3,7-8H2,(H2,17,18,20). The van der Waals surface area contributed by atoms with E-state index in [1.165, 1.54) is 0 Å². The summed E-state index contributed by atoms with van der Waals surface area (Å²) in [5, 5.41) is 15.7. The van der Waals surface area contributed by atoms with E-state index in [9.17, 15) is 9.90 Å². The molecule has 1 aliphatic carbocycles. The van der Waals surface area contributed by atoms with E-state index in [1.54, 1.807) is 18.2 Å². The summed E-state index contributed by atoms with van der Waals surface area (Å²) < 4.78 is 0. The number of benzene rings is 1. The molecule has 1 aromatic carbocycles. The molecule has 2 atom stereocenters. The van der Waals surface area contributed by atoms with E-state index in [4.69, 9.17) is 23.2 Å². The van der Waals surface area contributed by atoms with Crippen LogP contribution in [0.4, 0.5) is 10.5 Å². The van der Waals surface area contributed by atoms with Gasteiger partial charge in [0, 0.05) is 28.9 Å². The molecule has 0 aliphatic heterocycles. The smallest absolute Gasteiger partial charge is 0.319 e. The fourth-order valence-corrected chi connectivity index (χ4v) is 3.17. The van der Waals surface area contributed by atoms with Crippen molar-refractivity contribution in [1.29, 1.82) is 0 Å². The molecule has 1 aromatic rings. The summed E-state index contributed by atoms with van der Waals surface area (Å²) in [5.41, 5.74) is 0.560. The molecular weight excluding hydrogens is 299 g/mol. The molecule has 1 saturated carbocycles. The number of carbonyl (C=O) groups is 1. The zero-order valence-corrected chi connectivity index (χ0v) is 12.5. The predicted octanol–water partition coefficient (Wildman–Crippen LogP) is 3.52. The molecule has 110 valence electrons. The molecule has 2 rings (SSSR count). The van der Waals surface area contributed by atoms with Crippen molar-refractivity contribution in [2.45, 2.75) is 19.3 Å². The van der Waals surface area contributed by atoms with Gasteiger partial charge in [-0.05, 0) is 42.9 Å². The van der Waals surface area contributed by atoms with Crippen molar-refractivity contribution in [2.75, 3.05) is 18.5 Å². The Labute approximate surface area is 128 Å². The van der Waals surface area contributed by atoms with Gasteiger partial charge in [-0.3, -0.25) is 0 Å². The van der Waals surface area contributed by atoms with Crippen molar-refractivity contribution in [3.05, 3.63) is 28.2 Å². The van der Waals surface area contributed by atoms with Gasteiger partial charge in [-0.1, -0.05) is 29.6 Å². The maximum absolute atomic E-state index is 11.8.